The minimum absolute atomic E-state index is 0. The van der Waals surface area contributed by atoms with Crippen LogP contribution in [-0.2, 0) is 32.3 Å². The molecule has 31 heavy (non-hydrogen) atoms. The zero-order valence-corrected chi connectivity index (χ0v) is 19.9. The fourth-order valence-corrected chi connectivity index (χ4v) is 6.09. The molecule has 3 rings (SSSR count). The number of nitrogens with one attached hydrogen (secondary N) is 1. The Morgan fingerprint density at radius 2 is 1.94 bits per heavy atom. The molecule has 1 aliphatic heterocycles. The summed E-state index contributed by atoms with van der Waals surface area (Å²) in [6, 6.07) is 8.05. The van der Waals surface area contributed by atoms with Crippen LogP contribution < -0.4 is 17.7 Å². The number of halogens is 1. The van der Waals surface area contributed by atoms with E-state index < -0.39 is 21.7 Å². The van der Waals surface area contributed by atoms with Crippen LogP contribution in [0.5, 0.6) is 0 Å². The maximum Gasteiger partial charge on any atom is 0.341 e. The SMILES string of the molecule is CCCN1CCc2c(sc(NC(=O)CCS(=O)(=O)c3ccccc3)c2C(=O)OC)C1.[Cl-]. The lowest BCUT2D eigenvalue weighted by Crippen LogP contribution is -3.00. The number of ether oxygens (including phenoxy) is 1. The van der Waals surface area contributed by atoms with Gasteiger partial charge in [0.05, 0.1) is 23.3 Å². The highest BCUT2D eigenvalue weighted by Gasteiger charge is 2.29. The molecule has 1 aromatic carbocycles. The normalized spacial score (nSPS) is 13.7. The van der Waals surface area contributed by atoms with E-state index in [2.05, 4.69) is 17.1 Å². The molecule has 1 aliphatic rings. The number of anilines is 1. The Kier molecular flexibility index (Phi) is 9.05. The number of carbonyl (C=O) groups is 2. The van der Waals surface area contributed by atoms with Crippen LogP contribution in [0.4, 0.5) is 5.00 Å². The van der Waals surface area contributed by atoms with Gasteiger partial charge in [-0.25, -0.2) is 13.2 Å². The summed E-state index contributed by atoms with van der Waals surface area (Å²) in [5.41, 5.74) is 1.32. The molecule has 1 amide bonds. The average molecular weight is 486 g/mol. The number of fused-ring (bicyclic) bond motifs is 1. The lowest BCUT2D eigenvalue weighted by atomic mass is 10.0. The van der Waals surface area contributed by atoms with Crippen molar-refractivity contribution in [3.05, 3.63) is 46.3 Å². The monoisotopic (exact) mass is 485 g/mol. The van der Waals surface area contributed by atoms with Crippen LogP contribution in [0.25, 0.3) is 0 Å². The molecule has 0 fully saturated rings. The highest BCUT2D eigenvalue weighted by Crippen LogP contribution is 2.37. The third kappa shape index (κ3) is 6.06. The van der Waals surface area contributed by atoms with Gasteiger partial charge < -0.3 is 22.5 Å². The van der Waals surface area contributed by atoms with Crippen LogP contribution in [0.3, 0.4) is 0 Å². The van der Waals surface area contributed by atoms with Crippen molar-refractivity contribution in [2.75, 3.05) is 31.3 Å². The lowest BCUT2D eigenvalue weighted by Gasteiger charge is -2.26. The van der Waals surface area contributed by atoms with Gasteiger partial charge in [0.2, 0.25) is 5.91 Å². The molecule has 170 valence electrons. The molecule has 1 aromatic heterocycles. The molecular weight excluding hydrogens is 460 g/mol. The summed E-state index contributed by atoms with van der Waals surface area (Å²) in [5, 5.41) is 3.19. The van der Waals surface area contributed by atoms with Crippen molar-refractivity contribution in [2.24, 2.45) is 0 Å². The van der Waals surface area contributed by atoms with Crippen molar-refractivity contribution >= 4 is 38.1 Å². The summed E-state index contributed by atoms with van der Waals surface area (Å²) in [5.74, 6) is -1.22. The molecule has 0 spiro atoms. The summed E-state index contributed by atoms with van der Waals surface area (Å²) in [6.07, 6.45) is 1.57. The third-order valence-electron chi connectivity index (χ3n) is 5.02. The predicted octanol–water partition coefficient (Wildman–Crippen LogP) is 0.109. The van der Waals surface area contributed by atoms with E-state index in [9.17, 15) is 18.0 Å². The van der Waals surface area contributed by atoms with Crippen molar-refractivity contribution in [1.82, 2.24) is 4.90 Å². The second-order valence-corrected chi connectivity index (χ2v) is 10.4. The van der Waals surface area contributed by atoms with Crippen LogP contribution in [0.15, 0.2) is 35.2 Å². The molecule has 0 saturated carbocycles. The van der Waals surface area contributed by atoms with Crippen LogP contribution in [0.1, 0.15) is 40.6 Å². The van der Waals surface area contributed by atoms with Crippen LogP contribution in [0, 0.1) is 0 Å². The smallest absolute Gasteiger partial charge is 0.341 e. The van der Waals surface area contributed by atoms with Crippen molar-refractivity contribution in [3.63, 3.8) is 0 Å². The number of nitrogens with zero attached hydrogens (tertiary/aromatic N) is 1. The Bertz CT molecular complexity index is 1020. The van der Waals surface area contributed by atoms with Crippen molar-refractivity contribution in [2.45, 2.75) is 37.6 Å². The van der Waals surface area contributed by atoms with E-state index in [0.29, 0.717) is 17.0 Å². The fourth-order valence-electron chi connectivity index (χ4n) is 3.53. The third-order valence-corrected chi connectivity index (χ3v) is 7.88. The van der Waals surface area contributed by atoms with Gasteiger partial charge in [-0.15, -0.1) is 11.3 Å². The fraction of sp³-hybridized carbons (Fsp3) is 0.429. The van der Waals surface area contributed by atoms with Crippen molar-refractivity contribution in [1.29, 1.82) is 0 Å². The van der Waals surface area contributed by atoms with Gasteiger partial charge in [0.15, 0.2) is 9.84 Å². The Balaban J connectivity index is 0.00000341. The Morgan fingerprint density at radius 3 is 2.58 bits per heavy atom. The largest absolute Gasteiger partial charge is 1.00 e. The number of hydrogen-bond acceptors (Lipinski definition) is 7. The Hall–Kier alpha value is -1.94. The predicted molar refractivity (Wildman–Crippen MR) is 117 cm³/mol. The molecule has 2 heterocycles. The molecule has 0 aliphatic carbocycles. The van der Waals surface area contributed by atoms with E-state index in [1.54, 1.807) is 18.2 Å². The quantitative estimate of drug-likeness (QED) is 0.533. The molecule has 7 nitrogen and oxygen atoms in total. The zero-order valence-electron chi connectivity index (χ0n) is 17.5. The van der Waals surface area contributed by atoms with Crippen molar-refractivity contribution < 1.29 is 35.2 Å². The maximum atomic E-state index is 12.5. The Labute approximate surface area is 193 Å². The summed E-state index contributed by atoms with van der Waals surface area (Å²) in [7, 11) is -2.23. The van der Waals surface area contributed by atoms with E-state index in [1.165, 1.54) is 30.6 Å². The summed E-state index contributed by atoms with van der Waals surface area (Å²) in [4.78, 5) is 28.4. The second-order valence-electron chi connectivity index (χ2n) is 7.16. The molecule has 0 saturated heterocycles. The van der Waals surface area contributed by atoms with Crippen LogP contribution in [-0.4, -0.2) is 51.1 Å². The van der Waals surface area contributed by atoms with Gasteiger partial charge in [-0.05, 0) is 37.1 Å². The second kappa shape index (κ2) is 11.1. The minimum Gasteiger partial charge on any atom is -1.00 e. The van der Waals surface area contributed by atoms with Crippen LogP contribution in [0.2, 0.25) is 0 Å². The van der Waals surface area contributed by atoms with Gasteiger partial charge in [0, 0.05) is 24.4 Å². The topological polar surface area (TPSA) is 92.8 Å². The number of esters is 1. The molecule has 0 atom stereocenters. The van der Waals surface area contributed by atoms with E-state index >= 15 is 0 Å². The molecule has 0 bridgehead atoms. The number of hydrogen-bond donors (Lipinski definition) is 1. The number of benzene rings is 1. The molecule has 10 heteroatoms. The highest BCUT2D eigenvalue weighted by molar-refractivity contribution is 7.91. The van der Waals surface area contributed by atoms with Crippen molar-refractivity contribution in [3.8, 4) is 0 Å². The number of carbonyl (C=O) groups excluding carboxylic acids is 2. The Morgan fingerprint density at radius 1 is 1.23 bits per heavy atom. The first-order valence-corrected chi connectivity index (χ1v) is 12.4. The molecule has 0 unspecified atom stereocenters. The molecular formula is C21H26ClN2O5S2-. The number of sulfone groups is 1. The van der Waals surface area contributed by atoms with Crippen LogP contribution >= 0.6 is 11.3 Å². The van der Waals surface area contributed by atoms with Gasteiger partial charge in [-0.3, -0.25) is 9.69 Å². The molecule has 1 N–H and O–H groups in total. The number of thiophene rings is 1. The number of rotatable bonds is 8. The molecule has 0 radical (unpaired) electrons. The number of methoxy groups -OCH3 is 1. The summed E-state index contributed by atoms with van der Waals surface area (Å²) in [6.45, 7) is 4.68. The number of amides is 1. The standard InChI is InChI=1S/C21H26N2O5S2.ClH/c1-3-11-23-12-9-16-17(14-23)29-20(19(16)21(25)28-2)22-18(24)10-13-30(26,27)15-7-5-4-6-8-15;/h4-8H,3,9-14H2,1-2H3,(H,22,24);1H/p-1. The first kappa shape index (κ1) is 25.3. The van der Waals surface area contributed by atoms with E-state index in [-0.39, 0.29) is 29.5 Å². The first-order valence-electron chi connectivity index (χ1n) is 9.88. The maximum absolute atomic E-state index is 12.5. The average Bonchev–Trinajstić information content (AvgIpc) is 3.09. The van der Waals surface area contributed by atoms with E-state index in [1.807, 2.05) is 0 Å². The lowest BCUT2D eigenvalue weighted by molar-refractivity contribution is -0.115. The van der Waals surface area contributed by atoms with Gasteiger partial charge >= 0.3 is 5.97 Å². The summed E-state index contributed by atoms with van der Waals surface area (Å²) >= 11 is 1.37. The molecule has 2 aromatic rings. The van der Waals surface area contributed by atoms with Gasteiger partial charge in [-0.2, -0.15) is 0 Å². The summed E-state index contributed by atoms with van der Waals surface area (Å²) < 4.78 is 29.8. The zero-order chi connectivity index (χ0) is 21.7. The van der Waals surface area contributed by atoms with E-state index in [4.69, 9.17) is 4.74 Å². The van der Waals surface area contributed by atoms with Gasteiger partial charge in [0.25, 0.3) is 0 Å². The highest BCUT2D eigenvalue weighted by atomic mass is 35.5. The van der Waals surface area contributed by atoms with Gasteiger partial charge in [0.1, 0.15) is 5.00 Å². The first-order chi connectivity index (χ1) is 14.4. The van der Waals surface area contributed by atoms with E-state index in [0.717, 1.165) is 36.5 Å². The van der Waals surface area contributed by atoms with Gasteiger partial charge in [-0.1, -0.05) is 25.1 Å². The minimum atomic E-state index is -3.55.